The van der Waals surface area contributed by atoms with Crippen LogP contribution in [0, 0.1) is 29.3 Å². The van der Waals surface area contributed by atoms with Gasteiger partial charge in [-0.15, -0.1) is 0 Å². The summed E-state index contributed by atoms with van der Waals surface area (Å²) in [5, 5.41) is 18.6. The summed E-state index contributed by atoms with van der Waals surface area (Å²) in [6.45, 7) is 2.73. The number of aliphatic hydroxyl groups is 1. The molecule has 0 bridgehead atoms. The van der Waals surface area contributed by atoms with Gasteiger partial charge in [0.05, 0.1) is 12.0 Å². The van der Waals surface area contributed by atoms with Gasteiger partial charge in [-0.1, -0.05) is 13.8 Å². The van der Waals surface area contributed by atoms with Crippen molar-refractivity contribution in [2.45, 2.75) is 20.0 Å². The van der Waals surface area contributed by atoms with Gasteiger partial charge in [-0.2, -0.15) is 0 Å². The highest BCUT2D eigenvalue weighted by molar-refractivity contribution is 5.69. The lowest BCUT2D eigenvalue weighted by Crippen LogP contribution is -2.24. The van der Waals surface area contributed by atoms with Gasteiger partial charge in [0.1, 0.15) is 5.82 Å². The second-order valence-corrected chi connectivity index (χ2v) is 4.22. The minimum Gasteiger partial charge on any atom is -0.481 e. The fourth-order valence-electron chi connectivity index (χ4n) is 1.55. The van der Waals surface area contributed by atoms with Crippen LogP contribution >= 0.6 is 0 Å². The van der Waals surface area contributed by atoms with Crippen molar-refractivity contribution in [2.75, 3.05) is 0 Å². The number of aliphatic hydroxyl groups excluding tert-OH is 1. The topological polar surface area (TPSA) is 57.5 Å². The number of hydrogen-bond acceptors (Lipinski definition) is 2. The number of halogens is 3. The first-order chi connectivity index (χ1) is 8.25. The molecule has 6 heteroatoms. The zero-order chi connectivity index (χ0) is 14.0. The highest BCUT2D eigenvalue weighted by Gasteiger charge is 2.29. The molecule has 0 radical (unpaired) electrons. The Hall–Kier alpha value is -1.56. The summed E-state index contributed by atoms with van der Waals surface area (Å²) in [4.78, 5) is 10.7. The van der Waals surface area contributed by atoms with Gasteiger partial charge < -0.3 is 10.2 Å². The van der Waals surface area contributed by atoms with Crippen LogP contribution in [-0.2, 0) is 4.79 Å². The lowest BCUT2D eigenvalue weighted by Gasteiger charge is -2.23. The third-order valence-electron chi connectivity index (χ3n) is 3.03. The highest BCUT2D eigenvalue weighted by Crippen LogP contribution is 2.30. The van der Waals surface area contributed by atoms with Crippen LogP contribution in [0.3, 0.4) is 0 Å². The normalized spacial score (nSPS) is 16.1. The first-order valence-electron chi connectivity index (χ1n) is 5.31. The minimum atomic E-state index is -1.52. The van der Waals surface area contributed by atoms with Crippen LogP contribution in [0.25, 0.3) is 0 Å². The molecule has 0 saturated carbocycles. The predicted octanol–water partition coefficient (Wildman–Crippen LogP) is 2.49. The molecule has 1 aromatic carbocycles. The molecule has 0 heterocycles. The summed E-state index contributed by atoms with van der Waals surface area (Å²) in [6, 6.07) is 0.868. The largest absolute Gasteiger partial charge is 0.481 e. The first kappa shape index (κ1) is 14.5. The third-order valence-corrected chi connectivity index (χ3v) is 3.03. The third kappa shape index (κ3) is 2.81. The van der Waals surface area contributed by atoms with Crippen LogP contribution in [0.5, 0.6) is 0 Å². The summed E-state index contributed by atoms with van der Waals surface area (Å²) in [6.07, 6.45) is -1.52. The zero-order valence-corrected chi connectivity index (χ0v) is 9.82. The molecule has 0 aliphatic carbocycles. The van der Waals surface area contributed by atoms with E-state index in [0.717, 1.165) is 0 Å². The number of carboxylic acid groups (broad SMARTS) is 1. The summed E-state index contributed by atoms with van der Waals surface area (Å²) < 4.78 is 39.1. The Kier molecular flexibility index (Phi) is 4.34. The predicted molar refractivity (Wildman–Crippen MR) is 57.2 cm³/mol. The Morgan fingerprint density at radius 3 is 2.11 bits per heavy atom. The van der Waals surface area contributed by atoms with E-state index < -0.39 is 46.9 Å². The van der Waals surface area contributed by atoms with E-state index in [9.17, 15) is 23.1 Å². The number of rotatable bonds is 4. The fourth-order valence-corrected chi connectivity index (χ4v) is 1.55. The Balaban J connectivity index is 3.07. The van der Waals surface area contributed by atoms with Gasteiger partial charge in [-0.25, -0.2) is 13.2 Å². The van der Waals surface area contributed by atoms with E-state index >= 15 is 0 Å². The van der Waals surface area contributed by atoms with Crippen LogP contribution in [0.2, 0.25) is 0 Å². The van der Waals surface area contributed by atoms with Gasteiger partial charge in [0.15, 0.2) is 11.6 Å². The Bertz CT molecular complexity index is 462. The van der Waals surface area contributed by atoms with Crippen molar-refractivity contribution >= 4 is 5.97 Å². The molecule has 0 aromatic heterocycles. The molecule has 100 valence electrons. The maximum Gasteiger partial charge on any atom is 0.306 e. The number of aliphatic carboxylic acids is 1. The van der Waals surface area contributed by atoms with Crippen molar-refractivity contribution in [3.05, 3.63) is 35.1 Å². The minimum absolute atomic E-state index is 0.325. The maximum atomic E-state index is 13.4. The molecule has 3 nitrogen and oxygen atoms in total. The van der Waals surface area contributed by atoms with Crippen molar-refractivity contribution < 1.29 is 28.2 Å². The van der Waals surface area contributed by atoms with Crippen LogP contribution in [0.4, 0.5) is 13.2 Å². The standard InChI is InChI=1S/C12H13F3O3/c1-5(6(2)12(17)18)11(16)7-3-9(14)10(15)4-8(7)13/h3-6,11,16H,1-2H3,(H,17,18). The maximum absolute atomic E-state index is 13.4. The molecule has 0 amide bonds. The molecule has 0 saturated heterocycles. The first-order valence-corrected chi connectivity index (χ1v) is 5.31. The van der Waals surface area contributed by atoms with Gasteiger partial charge in [0, 0.05) is 11.6 Å². The molecule has 1 rings (SSSR count). The SMILES string of the molecule is CC(C(=O)O)C(C)C(O)c1cc(F)c(F)cc1F. The molecule has 3 atom stereocenters. The lowest BCUT2D eigenvalue weighted by atomic mass is 9.87. The van der Waals surface area contributed by atoms with E-state index in [2.05, 4.69) is 0 Å². The monoisotopic (exact) mass is 262 g/mol. The van der Waals surface area contributed by atoms with E-state index in [1.807, 2.05) is 0 Å². The average molecular weight is 262 g/mol. The molecule has 1 aromatic rings. The van der Waals surface area contributed by atoms with Crippen molar-refractivity contribution in [1.29, 1.82) is 0 Å². The molecule has 3 unspecified atom stereocenters. The molecule has 0 aliphatic heterocycles. The quantitative estimate of drug-likeness (QED) is 0.820. The molecular weight excluding hydrogens is 249 g/mol. The van der Waals surface area contributed by atoms with Crippen LogP contribution in [0.15, 0.2) is 12.1 Å². The van der Waals surface area contributed by atoms with Crippen LogP contribution < -0.4 is 0 Å². The number of benzene rings is 1. The van der Waals surface area contributed by atoms with Crippen LogP contribution in [0.1, 0.15) is 25.5 Å². The van der Waals surface area contributed by atoms with E-state index in [1.54, 1.807) is 0 Å². The van der Waals surface area contributed by atoms with E-state index in [4.69, 9.17) is 5.11 Å². The van der Waals surface area contributed by atoms with Gasteiger partial charge in [0.25, 0.3) is 0 Å². The van der Waals surface area contributed by atoms with Crippen molar-refractivity contribution in [3.8, 4) is 0 Å². The summed E-state index contributed by atoms with van der Waals surface area (Å²) >= 11 is 0. The Morgan fingerprint density at radius 1 is 1.11 bits per heavy atom. The van der Waals surface area contributed by atoms with Crippen molar-refractivity contribution in [2.24, 2.45) is 11.8 Å². The lowest BCUT2D eigenvalue weighted by molar-refractivity contribution is -0.144. The number of carboxylic acids is 1. The molecular formula is C12H13F3O3. The molecule has 0 fully saturated rings. The molecule has 0 aliphatic rings. The van der Waals surface area contributed by atoms with E-state index in [-0.39, 0.29) is 0 Å². The molecule has 0 spiro atoms. The zero-order valence-electron chi connectivity index (χ0n) is 9.82. The van der Waals surface area contributed by atoms with Gasteiger partial charge >= 0.3 is 5.97 Å². The molecule has 2 N–H and O–H groups in total. The Labute approximate surface area is 102 Å². The summed E-state index contributed by atoms with van der Waals surface area (Å²) in [5.74, 6) is -6.72. The average Bonchev–Trinajstić information content (AvgIpc) is 2.30. The summed E-state index contributed by atoms with van der Waals surface area (Å²) in [7, 11) is 0. The summed E-state index contributed by atoms with van der Waals surface area (Å²) in [5.41, 5.74) is -0.450. The van der Waals surface area contributed by atoms with E-state index in [0.29, 0.717) is 12.1 Å². The Morgan fingerprint density at radius 2 is 1.61 bits per heavy atom. The van der Waals surface area contributed by atoms with Crippen molar-refractivity contribution in [1.82, 2.24) is 0 Å². The smallest absolute Gasteiger partial charge is 0.306 e. The number of carbonyl (C=O) groups is 1. The fraction of sp³-hybridized carbons (Fsp3) is 0.417. The van der Waals surface area contributed by atoms with Crippen molar-refractivity contribution in [3.63, 3.8) is 0 Å². The van der Waals surface area contributed by atoms with E-state index in [1.165, 1.54) is 13.8 Å². The van der Waals surface area contributed by atoms with Gasteiger partial charge in [0.2, 0.25) is 0 Å². The van der Waals surface area contributed by atoms with Gasteiger partial charge in [-0.05, 0) is 12.0 Å². The molecule has 18 heavy (non-hydrogen) atoms. The second kappa shape index (κ2) is 5.39. The van der Waals surface area contributed by atoms with Gasteiger partial charge in [-0.3, -0.25) is 4.79 Å². The second-order valence-electron chi connectivity index (χ2n) is 4.22. The van der Waals surface area contributed by atoms with Crippen LogP contribution in [-0.4, -0.2) is 16.2 Å². The number of hydrogen-bond donors (Lipinski definition) is 2. The highest BCUT2D eigenvalue weighted by atomic mass is 19.2.